The number of ether oxygens (including phenoxy) is 2. The van der Waals surface area contributed by atoms with E-state index in [9.17, 15) is 13.2 Å². The minimum atomic E-state index is -3.86. The highest BCUT2D eigenvalue weighted by molar-refractivity contribution is 7.89. The summed E-state index contributed by atoms with van der Waals surface area (Å²) in [6, 6.07) is 4.22. The second kappa shape index (κ2) is 6.18. The zero-order chi connectivity index (χ0) is 15.6. The van der Waals surface area contributed by atoms with Crippen molar-refractivity contribution in [1.29, 1.82) is 0 Å². The lowest BCUT2D eigenvalue weighted by Crippen LogP contribution is -2.48. The Morgan fingerprint density at radius 3 is 2.90 bits per heavy atom. The van der Waals surface area contributed by atoms with Crippen LogP contribution in [0.4, 0.5) is 5.69 Å². The van der Waals surface area contributed by atoms with Gasteiger partial charge in [0.25, 0.3) is 0 Å². The van der Waals surface area contributed by atoms with Crippen molar-refractivity contribution in [1.82, 2.24) is 4.31 Å². The van der Waals surface area contributed by atoms with Gasteiger partial charge in [-0.1, -0.05) is 11.6 Å². The van der Waals surface area contributed by atoms with E-state index in [1.807, 2.05) is 0 Å². The van der Waals surface area contributed by atoms with Crippen LogP contribution >= 0.6 is 11.6 Å². The summed E-state index contributed by atoms with van der Waals surface area (Å²) in [5.74, 6) is -0.617. The van der Waals surface area contributed by atoms with Gasteiger partial charge in [0.1, 0.15) is 4.90 Å². The van der Waals surface area contributed by atoms with Crippen LogP contribution in [0.2, 0.25) is 5.02 Å². The summed E-state index contributed by atoms with van der Waals surface area (Å²) in [6.45, 7) is 0.0972. The van der Waals surface area contributed by atoms with Gasteiger partial charge in [-0.15, -0.1) is 0 Å². The Labute approximate surface area is 127 Å². The molecule has 1 saturated heterocycles. The highest BCUT2D eigenvalue weighted by Crippen LogP contribution is 2.27. The summed E-state index contributed by atoms with van der Waals surface area (Å²) in [5.41, 5.74) is 5.90. The van der Waals surface area contributed by atoms with Gasteiger partial charge in [0.15, 0.2) is 6.10 Å². The van der Waals surface area contributed by atoms with Crippen molar-refractivity contribution in [2.24, 2.45) is 0 Å². The molecule has 0 spiro atoms. The molecule has 0 radical (unpaired) electrons. The SMILES string of the molecule is COC(=O)C1CN(S(=O)(=O)c2cc(N)ccc2Cl)CCO1. The lowest BCUT2D eigenvalue weighted by molar-refractivity contribution is -0.157. The molecule has 2 rings (SSSR count). The van der Waals surface area contributed by atoms with E-state index in [1.54, 1.807) is 0 Å². The number of nitrogen functional groups attached to an aromatic ring is 1. The molecule has 0 aromatic heterocycles. The molecule has 1 heterocycles. The van der Waals surface area contributed by atoms with Gasteiger partial charge in [0, 0.05) is 12.2 Å². The Kier molecular flexibility index (Phi) is 4.72. The van der Waals surface area contributed by atoms with E-state index in [-0.39, 0.29) is 35.3 Å². The zero-order valence-electron chi connectivity index (χ0n) is 11.3. The Morgan fingerprint density at radius 1 is 1.52 bits per heavy atom. The molecule has 1 fully saturated rings. The van der Waals surface area contributed by atoms with E-state index in [1.165, 1.54) is 25.3 Å². The van der Waals surface area contributed by atoms with Crippen molar-refractivity contribution in [2.45, 2.75) is 11.0 Å². The van der Waals surface area contributed by atoms with Gasteiger partial charge in [-0.25, -0.2) is 13.2 Å². The lowest BCUT2D eigenvalue weighted by Gasteiger charge is -2.30. The normalized spacial score (nSPS) is 20.2. The van der Waals surface area contributed by atoms with Crippen LogP contribution in [0, 0.1) is 0 Å². The van der Waals surface area contributed by atoms with E-state index in [4.69, 9.17) is 22.1 Å². The number of nitrogens with zero attached hydrogens (tertiary/aromatic N) is 1. The van der Waals surface area contributed by atoms with Crippen molar-refractivity contribution in [3.05, 3.63) is 23.2 Å². The van der Waals surface area contributed by atoms with E-state index >= 15 is 0 Å². The van der Waals surface area contributed by atoms with Gasteiger partial charge in [0.2, 0.25) is 10.0 Å². The van der Waals surface area contributed by atoms with Crippen LogP contribution in [-0.4, -0.2) is 51.6 Å². The number of carbonyl (C=O) groups is 1. The Balaban J connectivity index is 2.31. The maximum atomic E-state index is 12.6. The summed E-state index contributed by atoms with van der Waals surface area (Å²) < 4.78 is 36.1. The first-order valence-electron chi connectivity index (χ1n) is 6.11. The first-order chi connectivity index (χ1) is 9.86. The summed E-state index contributed by atoms with van der Waals surface area (Å²) >= 11 is 5.94. The molecule has 7 nitrogen and oxygen atoms in total. The molecule has 21 heavy (non-hydrogen) atoms. The number of rotatable bonds is 3. The van der Waals surface area contributed by atoms with E-state index < -0.39 is 22.1 Å². The number of carbonyl (C=O) groups excluding carboxylic acids is 1. The van der Waals surface area contributed by atoms with Crippen molar-refractivity contribution in [3.8, 4) is 0 Å². The maximum Gasteiger partial charge on any atom is 0.336 e. The molecule has 1 aromatic carbocycles. The van der Waals surface area contributed by atoms with Crippen molar-refractivity contribution in [3.63, 3.8) is 0 Å². The van der Waals surface area contributed by atoms with Crippen molar-refractivity contribution < 1.29 is 22.7 Å². The predicted molar refractivity (Wildman–Crippen MR) is 76.4 cm³/mol. The van der Waals surface area contributed by atoms with Crippen LogP contribution in [0.3, 0.4) is 0 Å². The molecule has 1 atom stereocenters. The van der Waals surface area contributed by atoms with Crippen LogP contribution in [-0.2, 0) is 24.3 Å². The number of sulfonamides is 1. The summed E-state index contributed by atoms with van der Waals surface area (Å²) in [5, 5.41) is 0.0744. The number of morpholine rings is 1. The molecule has 1 unspecified atom stereocenters. The van der Waals surface area contributed by atoms with Crippen molar-refractivity contribution >= 4 is 33.3 Å². The standard InChI is InChI=1S/C12H15ClN2O5S/c1-19-12(16)10-7-15(4-5-20-10)21(17,18)11-6-8(14)2-3-9(11)13/h2-3,6,10H,4-5,7,14H2,1H3. The number of anilines is 1. The molecule has 0 saturated carbocycles. The molecule has 9 heteroatoms. The van der Waals surface area contributed by atoms with Gasteiger partial charge >= 0.3 is 5.97 Å². The second-order valence-electron chi connectivity index (χ2n) is 4.44. The first-order valence-corrected chi connectivity index (χ1v) is 7.92. The molecule has 0 bridgehead atoms. The quantitative estimate of drug-likeness (QED) is 0.638. The molecule has 116 valence electrons. The third-order valence-electron chi connectivity index (χ3n) is 3.07. The van der Waals surface area contributed by atoms with Gasteiger partial charge in [-0.05, 0) is 18.2 Å². The highest BCUT2D eigenvalue weighted by Gasteiger charge is 2.35. The summed E-state index contributed by atoms with van der Waals surface area (Å²) in [4.78, 5) is 11.4. The molecule has 1 aliphatic heterocycles. The minimum absolute atomic E-state index is 0.0744. The first kappa shape index (κ1) is 16.0. The second-order valence-corrected chi connectivity index (χ2v) is 6.75. The van der Waals surface area contributed by atoms with Crippen LogP contribution in [0.1, 0.15) is 0 Å². The maximum absolute atomic E-state index is 12.6. The number of nitrogens with two attached hydrogens (primary N) is 1. The molecule has 0 amide bonds. The van der Waals surface area contributed by atoms with E-state index in [0.29, 0.717) is 0 Å². The fourth-order valence-electron chi connectivity index (χ4n) is 1.97. The third kappa shape index (κ3) is 3.29. The fraction of sp³-hybridized carbons (Fsp3) is 0.417. The van der Waals surface area contributed by atoms with Crippen LogP contribution < -0.4 is 5.73 Å². The number of methoxy groups -OCH3 is 1. The van der Waals surface area contributed by atoms with Crippen LogP contribution in [0.25, 0.3) is 0 Å². The Morgan fingerprint density at radius 2 is 2.24 bits per heavy atom. The molecular weight excluding hydrogens is 320 g/mol. The summed E-state index contributed by atoms with van der Waals surface area (Å²) in [6.07, 6.45) is -0.946. The number of hydrogen-bond donors (Lipinski definition) is 1. The monoisotopic (exact) mass is 334 g/mol. The highest BCUT2D eigenvalue weighted by atomic mass is 35.5. The fourth-order valence-corrected chi connectivity index (χ4v) is 3.91. The topological polar surface area (TPSA) is 98.9 Å². The zero-order valence-corrected chi connectivity index (χ0v) is 12.9. The molecule has 1 aliphatic rings. The Hall–Kier alpha value is -1.35. The predicted octanol–water partition coefficient (Wildman–Crippen LogP) is 0.485. The molecule has 0 aliphatic carbocycles. The number of esters is 1. The lowest BCUT2D eigenvalue weighted by atomic mass is 10.3. The van der Waals surface area contributed by atoms with Gasteiger partial charge in [-0.3, -0.25) is 0 Å². The molecule has 1 aromatic rings. The number of halogens is 1. The smallest absolute Gasteiger partial charge is 0.336 e. The molecular formula is C12H15ClN2O5S. The van der Waals surface area contributed by atoms with Crippen LogP contribution in [0.5, 0.6) is 0 Å². The largest absolute Gasteiger partial charge is 0.467 e. The number of hydrogen-bond acceptors (Lipinski definition) is 6. The van der Waals surface area contributed by atoms with E-state index in [2.05, 4.69) is 4.74 Å². The van der Waals surface area contributed by atoms with Crippen LogP contribution in [0.15, 0.2) is 23.1 Å². The van der Waals surface area contributed by atoms with Gasteiger partial charge < -0.3 is 15.2 Å². The van der Waals surface area contributed by atoms with Gasteiger partial charge in [0.05, 0.1) is 25.3 Å². The molecule has 2 N–H and O–H groups in total. The van der Waals surface area contributed by atoms with Gasteiger partial charge in [-0.2, -0.15) is 4.31 Å². The average molecular weight is 335 g/mol. The third-order valence-corrected chi connectivity index (χ3v) is 5.41. The summed E-state index contributed by atoms with van der Waals surface area (Å²) in [7, 11) is -2.64. The van der Waals surface area contributed by atoms with Crippen molar-refractivity contribution in [2.75, 3.05) is 32.5 Å². The number of benzene rings is 1. The minimum Gasteiger partial charge on any atom is -0.467 e. The average Bonchev–Trinajstić information content (AvgIpc) is 2.49. The Bertz CT molecular complexity index is 649. The van der Waals surface area contributed by atoms with E-state index in [0.717, 1.165) is 4.31 Å².